The van der Waals surface area contributed by atoms with Crippen LogP contribution in [0.15, 0.2) is 42.7 Å². The van der Waals surface area contributed by atoms with E-state index in [0.717, 1.165) is 80.4 Å². The lowest BCUT2D eigenvalue weighted by atomic mass is 9.93. The zero-order valence-electron chi connectivity index (χ0n) is 17.3. The van der Waals surface area contributed by atoms with Gasteiger partial charge in [-0.3, -0.25) is 14.7 Å². The van der Waals surface area contributed by atoms with Gasteiger partial charge in [0.2, 0.25) is 5.91 Å². The summed E-state index contributed by atoms with van der Waals surface area (Å²) in [6.45, 7) is 4.37. The number of likely N-dealkylation sites (tertiary alicyclic amines) is 2. The van der Waals surface area contributed by atoms with Crippen molar-refractivity contribution in [2.75, 3.05) is 37.2 Å². The summed E-state index contributed by atoms with van der Waals surface area (Å²) in [4.78, 5) is 21.5. The first-order valence-corrected chi connectivity index (χ1v) is 11.2. The smallest absolute Gasteiger partial charge is 0.225 e. The molecule has 3 heterocycles. The van der Waals surface area contributed by atoms with Gasteiger partial charge in [-0.1, -0.05) is 11.6 Å². The van der Waals surface area contributed by atoms with Gasteiger partial charge in [0, 0.05) is 48.5 Å². The Bertz CT molecular complexity index is 843. The van der Waals surface area contributed by atoms with Crippen LogP contribution in [0.5, 0.6) is 0 Å². The molecule has 4 rings (SSSR count). The number of pyridine rings is 1. The molecule has 0 radical (unpaired) electrons. The van der Waals surface area contributed by atoms with Gasteiger partial charge < -0.3 is 16.0 Å². The average Bonchev–Trinajstić information content (AvgIpc) is 2.77. The number of nitrogens with one attached hydrogen (secondary N) is 1. The highest BCUT2D eigenvalue weighted by molar-refractivity contribution is 6.30. The Labute approximate surface area is 183 Å². The number of hydrogen-bond acceptors (Lipinski definition) is 5. The maximum atomic E-state index is 13.0. The van der Waals surface area contributed by atoms with Crippen molar-refractivity contribution in [1.29, 1.82) is 0 Å². The highest BCUT2D eigenvalue weighted by Crippen LogP contribution is 2.25. The minimum Gasteiger partial charge on any atom is -0.397 e. The first-order chi connectivity index (χ1) is 14.6. The van der Waals surface area contributed by atoms with Crippen LogP contribution < -0.4 is 11.1 Å². The van der Waals surface area contributed by atoms with E-state index in [4.69, 9.17) is 17.3 Å². The highest BCUT2D eigenvalue weighted by Gasteiger charge is 2.31. The molecule has 160 valence electrons. The molecule has 2 saturated heterocycles. The van der Waals surface area contributed by atoms with Gasteiger partial charge in [-0.2, -0.15) is 0 Å². The number of carbonyl (C=O) groups is 1. The van der Waals surface area contributed by atoms with Gasteiger partial charge in [0.1, 0.15) is 0 Å². The molecule has 7 heteroatoms. The zero-order valence-corrected chi connectivity index (χ0v) is 18.0. The van der Waals surface area contributed by atoms with Crippen molar-refractivity contribution in [1.82, 2.24) is 14.8 Å². The van der Waals surface area contributed by atoms with E-state index >= 15 is 0 Å². The van der Waals surface area contributed by atoms with E-state index in [-0.39, 0.29) is 5.92 Å². The van der Waals surface area contributed by atoms with E-state index < -0.39 is 0 Å². The first-order valence-electron chi connectivity index (χ1n) is 10.8. The second kappa shape index (κ2) is 9.67. The van der Waals surface area contributed by atoms with Crippen molar-refractivity contribution < 1.29 is 4.79 Å². The Hall–Kier alpha value is -2.31. The average molecular weight is 428 g/mol. The molecule has 0 aliphatic carbocycles. The van der Waals surface area contributed by atoms with E-state index in [0.29, 0.717) is 11.9 Å². The van der Waals surface area contributed by atoms with E-state index in [1.165, 1.54) is 0 Å². The first kappa shape index (κ1) is 20.9. The molecular weight excluding hydrogens is 398 g/mol. The molecule has 6 nitrogen and oxygen atoms in total. The quantitative estimate of drug-likeness (QED) is 0.762. The maximum absolute atomic E-state index is 13.0. The maximum Gasteiger partial charge on any atom is 0.225 e. The van der Waals surface area contributed by atoms with Crippen LogP contribution >= 0.6 is 11.6 Å². The summed E-state index contributed by atoms with van der Waals surface area (Å²) in [5, 5.41) is 4.31. The number of rotatable bonds is 5. The minimum absolute atomic E-state index is 0.150. The Balaban J connectivity index is 1.21. The van der Waals surface area contributed by atoms with Crippen molar-refractivity contribution in [2.24, 2.45) is 5.92 Å². The second-order valence-electron chi connectivity index (χ2n) is 8.38. The van der Waals surface area contributed by atoms with E-state index in [1.54, 1.807) is 12.4 Å². The van der Waals surface area contributed by atoms with Crippen LogP contribution in [0.4, 0.5) is 11.4 Å². The van der Waals surface area contributed by atoms with Crippen molar-refractivity contribution in [2.45, 2.75) is 38.3 Å². The largest absolute Gasteiger partial charge is 0.397 e. The Morgan fingerprint density at radius 2 is 1.77 bits per heavy atom. The lowest BCUT2D eigenvalue weighted by Gasteiger charge is -2.37. The summed E-state index contributed by atoms with van der Waals surface area (Å²) >= 11 is 5.96. The van der Waals surface area contributed by atoms with E-state index in [2.05, 4.69) is 20.1 Å². The van der Waals surface area contributed by atoms with Crippen molar-refractivity contribution in [3.63, 3.8) is 0 Å². The molecule has 2 fully saturated rings. The lowest BCUT2D eigenvalue weighted by Crippen LogP contribution is -2.47. The number of anilines is 2. The molecule has 1 aromatic heterocycles. The van der Waals surface area contributed by atoms with Gasteiger partial charge in [0.05, 0.1) is 11.9 Å². The SMILES string of the molecule is Nc1cnccc1CN1CCC(C(=O)N2CCC(Nc3ccc(Cl)cc3)CC2)CC1. The summed E-state index contributed by atoms with van der Waals surface area (Å²) in [6, 6.07) is 10.2. The molecule has 30 heavy (non-hydrogen) atoms. The number of nitrogens with two attached hydrogens (primary N) is 1. The molecule has 3 N–H and O–H groups in total. The van der Waals surface area contributed by atoms with Gasteiger partial charge in [-0.25, -0.2) is 0 Å². The zero-order chi connectivity index (χ0) is 20.9. The van der Waals surface area contributed by atoms with Crippen molar-refractivity contribution in [3.8, 4) is 0 Å². The fourth-order valence-electron chi connectivity index (χ4n) is 4.44. The predicted molar refractivity (Wildman–Crippen MR) is 121 cm³/mol. The van der Waals surface area contributed by atoms with Gasteiger partial charge in [0.15, 0.2) is 0 Å². The van der Waals surface area contributed by atoms with Crippen LogP contribution in [0.1, 0.15) is 31.2 Å². The molecule has 0 saturated carbocycles. The van der Waals surface area contributed by atoms with Gasteiger partial charge in [0.25, 0.3) is 0 Å². The third-order valence-corrected chi connectivity index (χ3v) is 6.55. The minimum atomic E-state index is 0.150. The highest BCUT2D eigenvalue weighted by atomic mass is 35.5. The number of benzene rings is 1. The van der Waals surface area contributed by atoms with Crippen LogP contribution in [0, 0.1) is 5.92 Å². The number of carbonyl (C=O) groups excluding carboxylic acids is 1. The van der Waals surface area contributed by atoms with Crippen LogP contribution in [0.25, 0.3) is 0 Å². The Morgan fingerprint density at radius 1 is 1.07 bits per heavy atom. The van der Waals surface area contributed by atoms with E-state index in [1.807, 2.05) is 30.3 Å². The van der Waals surface area contributed by atoms with E-state index in [9.17, 15) is 4.79 Å². The third kappa shape index (κ3) is 5.24. The standard InChI is InChI=1S/C23H30ClN5O/c24-19-1-3-20(4-2-19)27-21-8-13-29(14-9-21)23(30)17-6-11-28(12-7-17)16-18-5-10-26-15-22(18)25/h1-5,10,15,17,21,27H,6-9,11-14,16,25H2. The lowest BCUT2D eigenvalue weighted by molar-refractivity contribution is -0.138. The second-order valence-corrected chi connectivity index (χ2v) is 8.81. The fraction of sp³-hybridized carbons (Fsp3) is 0.478. The molecule has 1 aromatic carbocycles. The number of nitrogen functional groups attached to an aromatic ring is 1. The summed E-state index contributed by atoms with van der Waals surface area (Å²) in [7, 11) is 0. The van der Waals surface area contributed by atoms with Crippen LogP contribution in [-0.2, 0) is 11.3 Å². The van der Waals surface area contributed by atoms with Gasteiger partial charge >= 0.3 is 0 Å². The normalized spacial score (nSPS) is 19.0. The number of aromatic nitrogens is 1. The topological polar surface area (TPSA) is 74.5 Å². The molecule has 1 amide bonds. The van der Waals surface area contributed by atoms with Crippen LogP contribution in [0.3, 0.4) is 0 Å². The fourth-order valence-corrected chi connectivity index (χ4v) is 4.57. The molecule has 2 aliphatic rings. The molecule has 0 atom stereocenters. The van der Waals surface area contributed by atoms with Crippen molar-refractivity contribution in [3.05, 3.63) is 53.3 Å². The van der Waals surface area contributed by atoms with Crippen LogP contribution in [0.2, 0.25) is 5.02 Å². The predicted octanol–water partition coefficient (Wildman–Crippen LogP) is 3.63. The number of halogens is 1. The summed E-state index contributed by atoms with van der Waals surface area (Å²) < 4.78 is 0. The molecule has 0 spiro atoms. The number of hydrogen-bond donors (Lipinski definition) is 2. The summed E-state index contributed by atoms with van der Waals surface area (Å²) in [6.07, 6.45) is 7.30. The molecule has 0 bridgehead atoms. The number of nitrogens with zero attached hydrogens (tertiary/aromatic N) is 3. The summed E-state index contributed by atoms with van der Waals surface area (Å²) in [5.41, 5.74) is 8.96. The molecule has 0 unspecified atom stereocenters. The Morgan fingerprint density at radius 3 is 2.43 bits per heavy atom. The third-order valence-electron chi connectivity index (χ3n) is 6.30. The monoisotopic (exact) mass is 427 g/mol. The molecule has 2 aliphatic heterocycles. The number of piperidine rings is 2. The van der Waals surface area contributed by atoms with Gasteiger partial charge in [-0.05, 0) is 74.7 Å². The van der Waals surface area contributed by atoms with Crippen LogP contribution in [-0.4, -0.2) is 52.9 Å². The Kier molecular flexibility index (Phi) is 6.75. The number of amides is 1. The summed E-state index contributed by atoms with van der Waals surface area (Å²) in [5.74, 6) is 0.486. The van der Waals surface area contributed by atoms with Gasteiger partial charge in [-0.15, -0.1) is 0 Å². The molecular formula is C23H30ClN5O. The van der Waals surface area contributed by atoms with Crippen molar-refractivity contribution >= 4 is 28.9 Å². The molecule has 2 aromatic rings.